The van der Waals surface area contributed by atoms with E-state index < -0.39 is 5.82 Å². The van der Waals surface area contributed by atoms with Gasteiger partial charge in [0.15, 0.2) is 5.69 Å². The number of hydrogen-bond donors (Lipinski definition) is 2. The summed E-state index contributed by atoms with van der Waals surface area (Å²) in [5, 5.41) is 8.03. The van der Waals surface area contributed by atoms with Crippen molar-refractivity contribution in [1.29, 1.82) is 0 Å². The van der Waals surface area contributed by atoms with Gasteiger partial charge in [0.1, 0.15) is 5.82 Å². The van der Waals surface area contributed by atoms with Crippen LogP contribution in [0.3, 0.4) is 0 Å². The van der Waals surface area contributed by atoms with Crippen LogP contribution in [0.25, 0.3) is 10.2 Å². The maximum atomic E-state index is 13.6. The number of fused-ring (bicyclic) bond motifs is 1. The Kier molecular flexibility index (Phi) is 7.82. The van der Waals surface area contributed by atoms with Crippen LogP contribution < -0.4 is 10.6 Å². The molecule has 10 heteroatoms. The molecule has 4 heterocycles. The van der Waals surface area contributed by atoms with Crippen molar-refractivity contribution < 1.29 is 14.0 Å². The van der Waals surface area contributed by atoms with Gasteiger partial charge in [0.05, 0.1) is 22.5 Å². The highest BCUT2D eigenvalue weighted by Crippen LogP contribution is 2.27. The van der Waals surface area contributed by atoms with Crippen molar-refractivity contribution >= 4 is 39.3 Å². The van der Waals surface area contributed by atoms with Crippen LogP contribution in [0.5, 0.6) is 0 Å². The number of rotatable bonds is 8. The molecule has 3 aromatic heterocycles. The van der Waals surface area contributed by atoms with Gasteiger partial charge in [-0.3, -0.25) is 14.6 Å². The van der Waals surface area contributed by atoms with Crippen molar-refractivity contribution in [3.05, 3.63) is 47.0 Å². The van der Waals surface area contributed by atoms with Gasteiger partial charge in [0.2, 0.25) is 11.9 Å². The summed E-state index contributed by atoms with van der Waals surface area (Å²) in [5.41, 5.74) is 1.63. The predicted molar refractivity (Wildman–Crippen MR) is 139 cm³/mol. The molecule has 1 fully saturated rings. The molecule has 2 N–H and O–H groups in total. The van der Waals surface area contributed by atoms with E-state index in [9.17, 15) is 14.0 Å². The summed E-state index contributed by atoms with van der Waals surface area (Å²) < 4.78 is 14.3. The smallest absolute Gasteiger partial charge is 0.271 e. The monoisotopic (exact) mass is 512 g/mol. The second kappa shape index (κ2) is 10.9. The number of carbonyl (C=O) groups is 2. The molecule has 8 nitrogen and oxygen atoms in total. The molecule has 36 heavy (non-hydrogen) atoms. The molecule has 0 aliphatic carbocycles. The van der Waals surface area contributed by atoms with Crippen LogP contribution in [0.15, 0.2) is 29.9 Å². The van der Waals surface area contributed by atoms with E-state index in [1.165, 1.54) is 17.4 Å². The number of anilines is 1. The van der Waals surface area contributed by atoms with Gasteiger partial charge in [-0.25, -0.2) is 14.4 Å². The van der Waals surface area contributed by atoms with E-state index in [1.807, 2.05) is 23.3 Å². The van der Waals surface area contributed by atoms with E-state index in [2.05, 4.69) is 46.4 Å². The SMILES string of the molecule is C[C@H](Nc1nc(C(=O)NCCC2CCN(C(=O)CC(C)(C)C)C2)c2sccc2n1)c1cncc(F)c1. The number of carbonyl (C=O) groups excluding carboxylic acids is 2. The first kappa shape index (κ1) is 25.9. The quantitative estimate of drug-likeness (QED) is 0.450. The second-order valence-corrected chi connectivity index (χ2v) is 11.5. The minimum absolute atomic E-state index is 0.0203. The number of halogens is 1. The maximum absolute atomic E-state index is 13.6. The molecule has 0 saturated carbocycles. The predicted octanol–water partition coefficient (Wildman–Crippen LogP) is 4.80. The average Bonchev–Trinajstić information content (AvgIpc) is 3.47. The highest BCUT2D eigenvalue weighted by atomic mass is 32.1. The Morgan fingerprint density at radius 1 is 1.28 bits per heavy atom. The fourth-order valence-corrected chi connectivity index (χ4v) is 5.18. The molecule has 4 rings (SSSR count). The summed E-state index contributed by atoms with van der Waals surface area (Å²) >= 11 is 1.42. The summed E-state index contributed by atoms with van der Waals surface area (Å²) in [5.74, 6) is 0.204. The average molecular weight is 513 g/mol. The van der Waals surface area contributed by atoms with Gasteiger partial charge in [0, 0.05) is 32.3 Å². The molecule has 0 aromatic carbocycles. The van der Waals surface area contributed by atoms with Crippen LogP contribution in [-0.4, -0.2) is 51.3 Å². The largest absolute Gasteiger partial charge is 0.351 e. The minimum Gasteiger partial charge on any atom is -0.351 e. The molecule has 0 bridgehead atoms. The molecule has 0 spiro atoms. The highest BCUT2D eigenvalue weighted by Gasteiger charge is 2.28. The third-order valence-corrected chi connectivity index (χ3v) is 7.16. The van der Waals surface area contributed by atoms with Crippen molar-refractivity contribution in [2.24, 2.45) is 11.3 Å². The van der Waals surface area contributed by atoms with Crippen molar-refractivity contribution in [3.8, 4) is 0 Å². The summed E-state index contributed by atoms with van der Waals surface area (Å²) in [6.45, 7) is 10.1. The Bertz CT molecular complexity index is 1240. The lowest BCUT2D eigenvalue weighted by Gasteiger charge is -2.23. The molecular formula is C26H33FN6O2S. The van der Waals surface area contributed by atoms with Crippen LogP contribution in [0.4, 0.5) is 10.3 Å². The number of hydrogen-bond acceptors (Lipinski definition) is 7. The number of pyridine rings is 1. The Morgan fingerprint density at radius 3 is 2.83 bits per heavy atom. The fraction of sp³-hybridized carbons (Fsp3) is 0.500. The number of likely N-dealkylation sites (tertiary alicyclic amines) is 1. The first-order valence-electron chi connectivity index (χ1n) is 12.3. The molecule has 1 aliphatic heterocycles. The molecule has 0 radical (unpaired) electrons. The Labute approximate surface area is 214 Å². The van der Waals surface area contributed by atoms with E-state index >= 15 is 0 Å². The van der Waals surface area contributed by atoms with Gasteiger partial charge in [-0.05, 0) is 54.2 Å². The number of nitrogens with one attached hydrogen (secondary N) is 2. The van der Waals surface area contributed by atoms with Crippen LogP contribution in [0, 0.1) is 17.2 Å². The van der Waals surface area contributed by atoms with Gasteiger partial charge in [-0.2, -0.15) is 0 Å². The van der Waals surface area contributed by atoms with Gasteiger partial charge in [0.25, 0.3) is 5.91 Å². The molecular weight excluding hydrogens is 479 g/mol. The summed E-state index contributed by atoms with van der Waals surface area (Å²) in [6, 6.07) is 2.95. The third kappa shape index (κ3) is 6.54. The zero-order valence-electron chi connectivity index (χ0n) is 21.2. The van der Waals surface area contributed by atoms with E-state index in [1.54, 1.807) is 6.20 Å². The Balaban J connectivity index is 1.36. The molecule has 1 aliphatic rings. The zero-order valence-corrected chi connectivity index (χ0v) is 22.0. The molecule has 2 amide bonds. The molecule has 3 aromatic rings. The van der Waals surface area contributed by atoms with Crippen molar-refractivity contribution in [2.45, 2.75) is 53.0 Å². The zero-order chi connectivity index (χ0) is 25.9. The lowest BCUT2D eigenvalue weighted by Crippen LogP contribution is -2.32. The standard InChI is InChI=1S/C26H33FN6O2S/c1-16(18-11-19(27)14-28-13-18)30-25-31-20-7-10-36-23(20)22(32-25)24(35)29-8-5-17-6-9-33(15-17)21(34)12-26(2,3)4/h7,10-11,13-14,16-17H,5-6,8-9,12,15H2,1-4H3,(H,29,35)(H,30,31,32)/t16-,17?/m0/s1. The number of thiophene rings is 1. The molecule has 1 unspecified atom stereocenters. The molecule has 2 atom stereocenters. The molecule has 192 valence electrons. The fourth-order valence-electron chi connectivity index (χ4n) is 4.36. The normalized spacial score (nSPS) is 16.8. The number of nitrogens with zero attached hydrogens (tertiary/aromatic N) is 4. The van der Waals surface area contributed by atoms with E-state index in [-0.39, 0.29) is 23.3 Å². The van der Waals surface area contributed by atoms with Crippen LogP contribution in [0.2, 0.25) is 0 Å². The lowest BCUT2D eigenvalue weighted by molar-refractivity contribution is -0.132. The van der Waals surface area contributed by atoms with E-state index in [0.717, 1.165) is 36.8 Å². The van der Waals surface area contributed by atoms with E-state index in [0.29, 0.717) is 41.6 Å². The number of aromatic nitrogens is 3. The van der Waals surface area contributed by atoms with Crippen LogP contribution >= 0.6 is 11.3 Å². The van der Waals surface area contributed by atoms with Crippen molar-refractivity contribution in [3.63, 3.8) is 0 Å². The Morgan fingerprint density at radius 2 is 2.08 bits per heavy atom. The van der Waals surface area contributed by atoms with Gasteiger partial charge in [-0.15, -0.1) is 11.3 Å². The van der Waals surface area contributed by atoms with Gasteiger partial charge in [-0.1, -0.05) is 20.8 Å². The number of amides is 2. The Hall–Kier alpha value is -3.14. The summed E-state index contributed by atoms with van der Waals surface area (Å²) in [4.78, 5) is 40.4. The first-order valence-corrected chi connectivity index (χ1v) is 13.2. The minimum atomic E-state index is -0.417. The van der Waals surface area contributed by atoms with Gasteiger partial charge < -0.3 is 15.5 Å². The van der Waals surface area contributed by atoms with Crippen LogP contribution in [0.1, 0.15) is 69.1 Å². The summed E-state index contributed by atoms with van der Waals surface area (Å²) in [6.07, 6.45) is 5.04. The lowest BCUT2D eigenvalue weighted by atomic mass is 9.91. The highest BCUT2D eigenvalue weighted by molar-refractivity contribution is 7.17. The topological polar surface area (TPSA) is 100 Å². The second-order valence-electron chi connectivity index (χ2n) is 10.6. The summed E-state index contributed by atoms with van der Waals surface area (Å²) in [7, 11) is 0. The van der Waals surface area contributed by atoms with E-state index in [4.69, 9.17) is 0 Å². The third-order valence-electron chi connectivity index (χ3n) is 6.25. The molecule has 1 saturated heterocycles. The van der Waals surface area contributed by atoms with Gasteiger partial charge >= 0.3 is 0 Å². The van der Waals surface area contributed by atoms with Crippen molar-refractivity contribution in [2.75, 3.05) is 25.0 Å². The first-order chi connectivity index (χ1) is 17.1. The van der Waals surface area contributed by atoms with Crippen molar-refractivity contribution in [1.82, 2.24) is 25.2 Å². The maximum Gasteiger partial charge on any atom is 0.271 e. The van der Waals surface area contributed by atoms with Crippen LogP contribution in [-0.2, 0) is 4.79 Å².